The highest BCUT2D eigenvalue weighted by atomic mass is 16.2. The second-order valence-electron chi connectivity index (χ2n) is 5.29. The van der Waals surface area contributed by atoms with Gasteiger partial charge in [0.2, 0.25) is 11.8 Å². The first-order chi connectivity index (χ1) is 10.3. The highest BCUT2D eigenvalue weighted by molar-refractivity contribution is 5.91. The Hall–Kier alpha value is -2.71. The highest BCUT2D eigenvalue weighted by Crippen LogP contribution is 2.08. The summed E-state index contributed by atoms with van der Waals surface area (Å²) in [6, 6.07) is 1.77. The first-order valence-electron chi connectivity index (χ1n) is 6.86. The molecular formula is C13H19N7O2. The summed E-state index contributed by atoms with van der Waals surface area (Å²) in [4.78, 5) is 23.5. The quantitative estimate of drug-likeness (QED) is 0.839. The van der Waals surface area contributed by atoms with Crippen molar-refractivity contribution in [3.8, 4) is 0 Å². The summed E-state index contributed by atoms with van der Waals surface area (Å²) in [6.07, 6.45) is 1.51. The minimum Gasteiger partial charge on any atom is -0.309 e. The van der Waals surface area contributed by atoms with Gasteiger partial charge in [0, 0.05) is 19.0 Å². The number of nitrogens with zero attached hydrogens (tertiary/aromatic N) is 5. The third-order valence-electron chi connectivity index (χ3n) is 2.89. The van der Waals surface area contributed by atoms with Crippen molar-refractivity contribution in [3.63, 3.8) is 0 Å². The highest BCUT2D eigenvalue weighted by Gasteiger charge is 2.12. The molecule has 22 heavy (non-hydrogen) atoms. The van der Waals surface area contributed by atoms with Crippen LogP contribution < -0.4 is 10.6 Å². The molecule has 9 heteroatoms. The van der Waals surface area contributed by atoms with Crippen molar-refractivity contribution < 1.29 is 9.59 Å². The molecule has 9 nitrogen and oxygen atoms in total. The molecule has 0 aliphatic carbocycles. The maximum Gasteiger partial charge on any atom is 0.247 e. The second-order valence-corrected chi connectivity index (χ2v) is 5.29. The minimum atomic E-state index is -0.255. The van der Waals surface area contributed by atoms with Gasteiger partial charge in [-0.05, 0) is 6.92 Å². The number of amides is 2. The first kappa shape index (κ1) is 15.7. The summed E-state index contributed by atoms with van der Waals surface area (Å²) < 4.78 is 2.94. The van der Waals surface area contributed by atoms with E-state index in [2.05, 4.69) is 26.0 Å². The third-order valence-corrected chi connectivity index (χ3v) is 2.89. The molecule has 2 aromatic rings. The molecule has 118 valence electrons. The molecule has 0 unspecified atom stereocenters. The molecule has 0 saturated carbocycles. The zero-order valence-electron chi connectivity index (χ0n) is 13.0. The molecule has 0 fully saturated rings. The molecule has 2 aromatic heterocycles. The van der Waals surface area contributed by atoms with Crippen LogP contribution in [0.5, 0.6) is 0 Å². The van der Waals surface area contributed by atoms with Gasteiger partial charge in [-0.3, -0.25) is 14.3 Å². The van der Waals surface area contributed by atoms with Gasteiger partial charge in [0.25, 0.3) is 0 Å². The molecule has 0 spiro atoms. The van der Waals surface area contributed by atoms with Crippen LogP contribution in [-0.2, 0) is 23.2 Å². The lowest BCUT2D eigenvalue weighted by Crippen LogP contribution is -2.20. The number of hydrogen-bond donors (Lipinski definition) is 2. The lowest BCUT2D eigenvalue weighted by atomic mass is 10.2. The molecule has 0 aliphatic heterocycles. The van der Waals surface area contributed by atoms with Crippen molar-refractivity contribution >= 4 is 23.5 Å². The van der Waals surface area contributed by atoms with Gasteiger partial charge in [-0.25, -0.2) is 4.68 Å². The molecule has 0 radical (unpaired) electrons. The smallest absolute Gasteiger partial charge is 0.247 e. The zero-order valence-corrected chi connectivity index (χ0v) is 13.0. The van der Waals surface area contributed by atoms with Crippen LogP contribution in [0.25, 0.3) is 0 Å². The Labute approximate surface area is 127 Å². The molecule has 0 bridgehead atoms. The van der Waals surface area contributed by atoms with E-state index in [9.17, 15) is 9.59 Å². The van der Waals surface area contributed by atoms with Gasteiger partial charge in [0.05, 0.1) is 11.9 Å². The van der Waals surface area contributed by atoms with E-state index in [0.29, 0.717) is 11.6 Å². The summed E-state index contributed by atoms with van der Waals surface area (Å²) in [5.41, 5.74) is 0.817. The number of nitrogens with one attached hydrogen (secondary N) is 2. The number of carbonyl (C=O) groups is 2. The van der Waals surface area contributed by atoms with Crippen LogP contribution >= 0.6 is 0 Å². The molecule has 2 rings (SSSR count). The van der Waals surface area contributed by atoms with Crippen LogP contribution in [-0.4, -0.2) is 36.6 Å². The van der Waals surface area contributed by atoms with Crippen LogP contribution in [0.4, 0.5) is 11.6 Å². The van der Waals surface area contributed by atoms with Gasteiger partial charge in [0.1, 0.15) is 12.4 Å². The van der Waals surface area contributed by atoms with E-state index >= 15 is 0 Å². The van der Waals surface area contributed by atoms with E-state index in [1.165, 1.54) is 10.9 Å². The lowest BCUT2D eigenvalue weighted by molar-refractivity contribution is -0.119. The molecule has 2 N–H and O–H groups in total. The fourth-order valence-electron chi connectivity index (χ4n) is 1.76. The predicted molar refractivity (Wildman–Crippen MR) is 80.1 cm³/mol. The van der Waals surface area contributed by atoms with E-state index < -0.39 is 0 Å². The number of aryl methyl sites for hydroxylation is 2. The lowest BCUT2D eigenvalue weighted by Gasteiger charge is -2.04. The normalized spacial score (nSPS) is 10.8. The summed E-state index contributed by atoms with van der Waals surface area (Å²) in [5, 5.41) is 17.1. The Bertz CT molecular complexity index is 686. The second kappa shape index (κ2) is 6.37. The van der Waals surface area contributed by atoms with Crippen molar-refractivity contribution in [2.24, 2.45) is 13.0 Å². The maximum atomic E-state index is 12.0. The van der Waals surface area contributed by atoms with Crippen LogP contribution in [0.1, 0.15) is 19.5 Å². The largest absolute Gasteiger partial charge is 0.309 e. The number of anilines is 2. The molecular weight excluding hydrogens is 286 g/mol. The SMILES string of the molecule is Cc1cc(NC(=O)Cn2cc(NC(=O)C(C)C)nn2)n(C)n1. The van der Waals surface area contributed by atoms with E-state index in [0.717, 1.165) is 5.69 Å². The van der Waals surface area contributed by atoms with Crippen molar-refractivity contribution in [2.45, 2.75) is 27.3 Å². The molecule has 0 aliphatic rings. The molecule has 0 atom stereocenters. The standard InChI is InChI=1S/C13H19N7O2/c1-8(2)13(22)14-10-6-20(18-16-10)7-12(21)15-11-5-9(3)17-19(11)4/h5-6,8H,7H2,1-4H3,(H,14,22)(H,15,21). The molecule has 0 aromatic carbocycles. The van der Waals surface area contributed by atoms with Gasteiger partial charge in [-0.2, -0.15) is 5.10 Å². The minimum absolute atomic E-state index is 0.00518. The molecule has 2 heterocycles. The fourth-order valence-corrected chi connectivity index (χ4v) is 1.76. The van der Waals surface area contributed by atoms with Gasteiger partial charge < -0.3 is 10.6 Å². The van der Waals surface area contributed by atoms with Crippen LogP contribution in [0, 0.1) is 12.8 Å². The number of carbonyl (C=O) groups excluding carboxylic acids is 2. The van der Waals surface area contributed by atoms with Crippen LogP contribution in [0.2, 0.25) is 0 Å². The summed E-state index contributed by atoms with van der Waals surface area (Å²) in [6.45, 7) is 5.40. The monoisotopic (exact) mass is 305 g/mol. The maximum absolute atomic E-state index is 12.0. The van der Waals surface area contributed by atoms with E-state index in [-0.39, 0.29) is 24.3 Å². The van der Waals surface area contributed by atoms with Gasteiger partial charge in [-0.1, -0.05) is 19.1 Å². The Morgan fingerprint density at radius 3 is 2.64 bits per heavy atom. The molecule has 0 saturated heterocycles. The Morgan fingerprint density at radius 2 is 2.05 bits per heavy atom. The van der Waals surface area contributed by atoms with Crippen molar-refractivity contribution in [3.05, 3.63) is 18.0 Å². The number of aromatic nitrogens is 5. The van der Waals surface area contributed by atoms with Gasteiger partial charge in [0.15, 0.2) is 5.82 Å². The van der Waals surface area contributed by atoms with E-state index in [1.807, 2.05) is 6.92 Å². The fraction of sp³-hybridized carbons (Fsp3) is 0.462. The number of hydrogen-bond acceptors (Lipinski definition) is 5. The van der Waals surface area contributed by atoms with E-state index in [4.69, 9.17) is 0 Å². The Kier molecular flexibility index (Phi) is 4.54. The van der Waals surface area contributed by atoms with Crippen molar-refractivity contribution in [1.29, 1.82) is 0 Å². The van der Waals surface area contributed by atoms with Gasteiger partial charge in [-0.15, -0.1) is 5.10 Å². The van der Waals surface area contributed by atoms with Crippen molar-refractivity contribution in [1.82, 2.24) is 24.8 Å². The summed E-state index contributed by atoms with van der Waals surface area (Å²) >= 11 is 0. The summed E-state index contributed by atoms with van der Waals surface area (Å²) in [7, 11) is 1.75. The van der Waals surface area contributed by atoms with Crippen LogP contribution in [0.3, 0.4) is 0 Å². The topological polar surface area (TPSA) is 107 Å². The first-order valence-corrected chi connectivity index (χ1v) is 6.86. The Balaban J connectivity index is 1.93. The average Bonchev–Trinajstić information content (AvgIpc) is 2.96. The van der Waals surface area contributed by atoms with Gasteiger partial charge >= 0.3 is 0 Å². The summed E-state index contributed by atoms with van der Waals surface area (Å²) in [5.74, 6) is 0.372. The molecule has 2 amide bonds. The zero-order chi connectivity index (χ0) is 16.3. The number of rotatable bonds is 5. The van der Waals surface area contributed by atoms with Crippen molar-refractivity contribution in [2.75, 3.05) is 10.6 Å². The Morgan fingerprint density at radius 1 is 1.32 bits per heavy atom. The third kappa shape index (κ3) is 3.90. The predicted octanol–water partition coefficient (Wildman–Crippen LogP) is 0.553. The van der Waals surface area contributed by atoms with E-state index in [1.54, 1.807) is 31.6 Å². The van der Waals surface area contributed by atoms with Crippen LogP contribution in [0.15, 0.2) is 12.3 Å². The average molecular weight is 305 g/mol.